The minimum atomic E-state index is -4.24. The van der Waals surface area contributed by atoms with Crippen LogP contribution in [0.1, 0.15) is 44.7 Å². The summed E-state index contributed by atoms with van der Waals surface area (Å²) >= 11 is 0. The van der Waals surface area contributed by atoms with Crippen molar-refractivity contribution in [2.24, 2.45) is 0 Å². The molecule has 3 rings (SSSR count). The van der Waals surface area contributed by atoms with Crippen LogP contribution in [0.25, 0.3) is 0 Å². The number of sulfonamides is 1. The molecule has 7 nitrogen and oxygen atoms in total. The zero-order valence-electron chi connectivity index (χ0n) is 22.8. The maximum Gasteiger partial charge on any atom is 0.264 e. The third-order valence-electron chi connectivity index (χ3n) is 6.59. The second kappa shape index (κ2) is 13.4. The van der Waals surface area contributed by atoms with E-state index in [1.54, 1.807) is 24.3 Å². The molecular weight excluding hydrogens is 517 g/mol. The lowest BCUT2D eigenvalue weighted by molar-refractivity contribution is -0.140. The fraction of sp³-hybridized carbons (Fsp3) is 0.333. The summed E-state index contributed by atoms with van der Waals surface area (Å²) in [4.78, 5) is 28.5. The molecule has 0 fully saturated rings. The van der Waals surface area contributed by atoms with E-state index in [0.29, 0.717) is 6.42 Å². The fourth-order valence-corrected chi connectivity index (χ4v) is 5.53. The van der Waals surface area contributed by atoms with Gasteiger partial charge in [-0.25, -0.2) is 12.8 Å². The molecule has 0 aliphatic carbocycles. The highest BCUT2D eigenvalue weighted by Crippen LogP contribution is 2.25. The molecule has 0 bridgehead atoms. The Bertz CT molecular complexity index is 1350. The number of hydrogen-bond acceptors (Lipinski definition) is 4. The van der Waals surface area contributed by atoms with Gasteiger partial charge >= 0.3 is 0 Å². The molecule has 0 radical (unpaired) electrons. The molecule has 39 heavy (non-hydrogen) atoms. The molecular formula is C30H36FN3O4S. The lowest BCUT2D eigenvalue weighted by Gasteiger charge is -2.33. The zero-order valence-corrected chi connectivity index (χ0v) is 23.6. The van der Waals surface area contributed by atoms with E-state index in [2.05, 4.69) is 5.32 Å². The van der Waals surface area contributed by atoms with Gasteiger partial charge in [0.05, 0.1) is 10.6 Å². The van der Waals surface area contributed by atoms with Crippen LogP contribution in [0.4, 0.5) is 10.1 Å². The van der Waals surface area contributed by atoms with E-state index < -0.39 is 34.3 Å². The van der Waals surface area contributed by atoms with Crippen LogP contribution in [0, 0.1) is 12.7 Å². The minimum absolute atomic E-state index is 0.0804. The van der Waals surface area contributed by atoms with Crippen LogP contribution in [-0.4, -0.2) is 43.8 Å². The number of nitrogens with zero attached hydrogens (tertiary/aromatic N) is 2. The Morgan fingerprint density at radius 2 is 1.51 bits per heavy atom. The molecule has 2 atom stereocenters. The number of rotatable bonds is 12. The SMILES string of the molecule is CC[C@@H](C)NC(=O)[C@H](CC)N(Cc1ccccc1)C(=O)CN(c1ccc(C)cc1)S(=O)(=O)c1ccc(F)cc1. The Morgan fingerprint density at radius 1 is 0.897 bits per heavy atom. The van der Waals surface area contributed by atoms with E-state index in [0.717, 1.165) is 34.0 Å². The van der Waals surface area contributed by atoms with Crippen molar-refractivity contribution in [2.75, 3.05) is 10.8 Å². The largest absolute Gasteiger partial charge is 0.352 e. The molecule has 0 aromatic heterocycles. The van der Waals surface area contributed by atoms with Crippen LogP contribution in [0.5, 0.6) is 0 Å². The van der Waals surface area contributed by atoms with Gasteiger partial charge in [0.15, 0.2) is 0 Å². The molecule has 9 heteroatoms. The van der Waals surface area contributed by atoms with Gasteiger partial charge in [-0.1, -0.05) is 61.9 Å². The number of nitrogens with one attached hydrogen (secondary N) is 1. The first-order chi connectivity index (χ1) is 18.6. The molecule has 3 aromatic rings. The summed E-state index contributed by atoms with van der Waals surface area (Å²) in [6.07, 6.45) is 1.07. The van der Waals surface area contributed by atoms with Crippen molar-refractivity contribution in [1.29, 1.82) is 0 Å². The van der Waals surface area contributed by atoms with E-state index >= 15 is 0 Å². The molecule has 0 aliphatic rings. The molecule has 0 saturated heterocycles. The summed E-state index contributed by atoms with van der Waals surface area (Å²) in [5.74, 6) is -1.39. The van der Waals surface area contributed by atoms with Gasteiger partial charge < -0.3 is 10.2 Å². The van der Waals surface area contributed by atoms with Crippen LogP contribution in [0.3, 0.4) is 0 Å². The Hall–Kier alpha value is -3.72. The number of benzene rings is 3. The van der Waals surface area contributed by atoms with Crippen molar-refractivity contribution in [3.05, 3.63) is 95.8 Å². The summed E-state index contributed by atoms with van der Waals surface area (Å²) in [6, 6.07) is 19.6. The van der Waals surface area contributed by atoms with Crippen molar-refractivity contribution in [1.82, 2.24) is 10.2 Å². The monoisotopic (exact) mass is 553 g/mol. The van der Waals surface area contributed by atoms with Gasteiger partial charge in [0.1, 0.15) is 18.4 Å². The summed E-state index contributed by atoms with van der Waals surface area (Å²) < 4.78 is 42.1. The van der Waals surface area contributed by atoms with Crippen LogP contribution in [0.2, 0.25) is 0 Å². The van der Waals surface area contributed by atoms with Gasteiger partial charge in [0, 0.05) is 12.6 Å². The van der Waals surface area contributed by atoms with E-state index in [1.165, 1.54) is 17.0 Å². The highest BCUT2D eigenvalue weighted by atomic mass is 32.2. The van der Waals surface area contributed by atoms with Crippen LogP contribution < -0.4 is 9.62 Å². The summed E-state index contributed by atoms with van der Waals surface area (Å²) in [5.41, 5.74) is 2.02. The Morgan fingerprint density at radius 3 is 2.08 bits per heavy atom. The number of halogens is 1. The Balaban J connectivity index is 2.04. The van der Waals surface area contributed by atoms with Crippen molar-refractivity contribution in [3.63, 3.8) is 0 Å². The van der Waals surface area contributed by atoms with Gasteiger partial charge in [-0.05, 0) is 68.7 Å². The van der Waals surface area contributed by atoms with E-state index in [9.17, 15) is 22.4 Å². The standard InChI is InChI=1S/C30H36FN3O4S/c1-5-23(4)32-30(36)28(6-2)33(20-24-10-8-7-9-11-24)29(35)21-34(26-16-12-22(3)13-17-26)39(37,38)27-18-14-25(31)15-19-27/h7-19,23,28H,5-6,20-21H2,1-4H3,(H,32,36)/t23-,28+/m1/s1. The molecule has 3 aromatic carbocycles. The van der Waals surface area contributed by atoms with Gasteiger partial charge in [-0.3, -0.25) is 13.9 Å². The minimum Gasteiger partial charge on any atom is -0.352 e. The number of anilines is 1. The third-order valence-corrected chi connectivity index (χ3v) is 8.37. The first-order valence-corrected chi connectivity index (χ1v) is 14.5. The van der Waals surface area contributed by atoms with E-state index in [1.807, 2.05) is 58.0 Å². The average Bonchev–Trinajstić information content (AvgIpc) is 2.92. The van der Waals surface area contributed by atoms with Crippen molar-refractivity contribution in [2.45, 2.75) is 64.1 Å². The summed E-state index contributed by atoms with van der Waals surface area (Å²) in [7, 11) is -4.24. The second-order valence-corrected chi connectivity index (χ2v) is 11.4. The zero-order chi connectivity index (χ0) is 28.6. The van der Waals surface area contributed by atoms with Gasteiger partial charge in [0.25, 0.3) is 10.0 Å². The molecule has 2 amide bonds. The van der Waals surface area contributed by atoms with Crippen molar-refractivity contribution < 1.29 is 22.4 Å². The fourth-order valence-electron chi connectivity index (χ4n) is 4.11. The van der Waals surface area contributed by atoms with Crippen molar-refractivity contribution >= 4 is 27.5 Å². The summed E-state index contributed by atoms with van der Waals surface area (Å²) in [5, 5.41) is 2.95. The normalized spacial score (nSPS) is 12.8. The number of amides is 2. The molecule has 1 N–H and O–H groups in total. The number of hydrogen-bond donors (Lipinski definition) is 1. The van der Waals surface area contributed by atoms with Gasteiger partial charge in [-0.2, -0.15) is 0 Å². The van der Waals surface area contributed by atoms with E-state index in [4.69, 9.17) is 0 Å². The van der Waals surface area contributed by atoms with Crippen LogP contribution in [0.15, 0.2) is 83.8 Å². The highest BCUT2D eigenvalue weighted by Gasteiger charge is 2.34. The quantitative estimate of drug-likeness (QED) is 0.340. The lowest BCUT2D eigenvalue weighted by atomic mass is 10.1. The summed E-state index contributed by atoms with van der Waals surface area (Å²) in [6.45, 7) is 7.13. The highest BCUT2D eigenvalue weighted by molar-refractivity contribution is 7.92. The van der Waals surface area contributed by atoms with Gasteiger partial charge in [0.2, 0.25) is 11.8 Å². The topological polar surface area (TPSA) is 86.8 Å². The molecule has 0 unspecified atom stereocenters. The Labute approximate surface area is 230 Å². The predicted molar refractivity (Wildman–Crippen MR) is 151 cm³/mol. The average molecular weight is 554 g/mol. The maximum absolute atomic E-state index is 14.0. The number of carbonyl (C=O) groups excluding carboxylic acids is 2. The Kier molecular flexibility index (Phi) is 10.2. The van der Waals surface area contributed by atoms with E-state index in [-0.39, 0.29) is 29.1 Å². The van der Waals surface area contributed by atoms with Crippen molar-refractivity contribution in [3.8, 4) is 0 Å². The maximum atomic E-state index is 14.0. The molecule has 0 spiro atoms. The predicted octanol–water partition coefficient (Wildman–Crippen LogP) is 5.05. The van der Waals surface area contributed by atoms with Gasteiger partial charge in [-0.15, -0.1) is 0 Å². The molecule has 0 aliphatic heterocycles. The second-order valence-electron chi connectivity index (χ2n) is 9.55. The number of aryl methyl sites for hydroxylation is 1. The van der Waals surface area contributed by atoms with Crippen LogP contribution >= 0.6 is 0 Å². The molecule has 0 heterocycles. The number of carbonyl (C=O) groups is 2. The first kappa shape index (κ1) is 29.8. The third kappa shape index (κ3) is 7.66. The smallest absolute Gasteiger partial charge is 0.264 e. The van der Waals surface area contributed by atoms with Crippen LogP contribution in [-0.2, 0) is 26.2 Å². The lowest BCUT2D eigenvalue weighted by Crippen LogP contribution is -2.53. The molecule has 208 valence electrons. The first-order valence-electron chi connectivity index (χ1n) is 13.1. The molecule has 0 saturated carbocycles.